The van der Waals surface area contributed by atoms with Crippen LogP contribution in [0.5, 0.6) is 5.75 Å². The lowest BCUT2D eigenvalue weighted by Gasteiger charge is -2.38. The number of amides is 1. The second-order valence-electron chi connectivity index (χ2n) is 6.27. The Morgan fingerprint density at radius 1 is 1.23 bits per heavy atom. The summed E-state index contributed by atoms with van der Waals surface area (Å²) in [5, 5.41) is 9.69. The van der Waals surface area contributed by atoms with Gasteiger partial charge in [-0.25, -0.2) is 4.79 Å². The highest BCUT2D eigenvalue weighted by Crippen LogP contribution is 2.29. The van der Waals surface area contributed by atoms with Crippen LogP contribution < -0.4 is 10.3 Å². The van der Waals surface area contributed by atoms with Crippen molar-refractivity contribution in [2.45, 2.75) is 25.4 Å². The lowest BCUT2D eigenvalue weighted by Crippen LogP contribution is -2.54. The lowest BCUT2D eigenvalue weighted by molar-refractivity contribution is -0.159. The Kier molecular flexibility index (Phi) is 4.75. The number of aryl methyl sites for hydroxylation is 1. The Labute approximate surface area is 149 Å². The van der Waals surface area contributed by atoms with E-state index < -0.39 is 11.6 Å². The third-order valence-electron chi connectivity index (χ3n) is 4.48. The third-order valence-corrected chi connectivity index (χ3v) is 4.48. The van der Waals surface area contributed by atoms with Crippen molar-refractivity contribution in [3.63, 3.8) is 0 Å². The molecular weight excluding hydrogens is 338 g/mol. The predicted octanol–water partition coefficient (Wildman–Crippen LogP) is 1.22. The predicted molar refractivity (Wildman–Crippen MR) is 92.2 cm³/mol. The molecular formula is C18H19N3O5. The van der Waals surface area contributed by atoms with Crippen molar-refractivity contribution in [2.75, 3.05) is 13.1 Å². The molecule has 0 spiro atoms. The molecule has 1 aliphatic rings. The molecule has 3 heterocycles. The Morgan fingerprint density at radius 2 is 1.96 bits per heavy atom. The van der Waals surface area contributed by atoms with Gasteiger partial charge in [-0.3, -0.25) is 14.6 Å². The standard InChI is InChI=1S/C18H19N3O5/c1-12-2-4-14(11-19-12)26-18(17(24)25)6-8-21(9-7-18)16(23)13-3-5-15(22)20-10-13/h2-5,10-11H,6-9H2,1H3,(H,20,22)(H,24,25). The minimum absolute atomic E-state index is 0.158. The van der Waals surface area contributed by atoms with Crippen molar-refractivity contribution in [1.29, 1.82) is 0 Å². The Bertz CT molecular complexity index is 847. The monoisotopic (exact) mass is 357 g/mol. The SMILES string of the molecule is Cc1ccc(OC2(C(=O)O)CCN(C(=O)c3ccc(=O)[nH]c3)CC2)cn1. The van der Waals surface area contributed by atoms with Crippen LogP contribution in [0.15, 0.2) is 41.5 Å². The second kappa shape index (κ2) is 6.99. The minimum atomic E-state index is -1.39. The molecule has 2 aromatic rings. The number of aromatic nitrogens is 2. The number of hydrogen-bond acceptors (Lipinski definition) is 5. The summed E-state index contributed by atoms with van der Waals surface area (Å²) < 4.78 is 5.76. The molecule has 0 saturated carbocycles. The fraction of sp³-hybridized carbons (Fsp3) is 0.333. The van der Waals surface area contributed by atoms with Crippen LogP contribution in [0.1, 0.15) is 28.9 Å². The first-order chi connectivity index (χ1) is 12.4. The molecule has 1 amide bonds. The molecule has 0 radical (unpaired) electrons. The zero-order valence-corrected chi connectivity index (χ0v) is 14.3. The van der Waals surface area contributed by atoms with Gasteiger partial charge in [-0.2, -0.15) is 0 Å². The maximum Gasteiger partial charge on any atom is 0.348 e. The molecule has 1 saturated heterocycles. The molecule has 3 rings (SSSR count). The Balaban J connectivity index is 1.71. The first-order valence-corrected chi connectivity index (χ1v) is 8.23. The number of likely N-dealkylation sites (tertiary alicyclic amines) is 1. The Hall–Kier alpha value is -3.16. The van der Waals surface area contributed by atoms with Crippen LogP contribution in [-0.4, -0.2) is 50.5 Å². The van der Waals surface area contributed by atoms with Crippen molar-refractivity contribution < 1.29 is 19.4 Å². The van der Waals surface area contributed by atoms with Crippen LogP contribution in [0.2, 0.25) is 0 Å². The van der Waals surface area contributed by atoms with Crippen LogP contribution in [-0.2, 0) is 4.79 Å². The zero-order valence-electron chi connectivity index (χ0n) is 14.3. The maximum absolute atomic E-state index is 12.5. The van der Waals surface area contributed by atoms with Crippen LogP contribution in [0.4, 0.5) is 0 Å². The minimum Gasteiger partial charge on any atom is -0.478 e. The molecule has 0 atom stereocenters. The van der Waals surface area contributed by atoms with E-state index in [0.29, 0.717) is 11.3 Å². The van der Waals surface area contributed by atoms with Crippen molar-refractivity contribution in [3.05, 3.63) is 58.3 Å². The van der Waals surface area contributed by atoms with Gasteiger partial charge in [0.2, 0.25) is 11.2 Å². The van der Waals surface area contributed by atoms with Crippen LogP contribution in [0.3, 0.4) is 0 Å². The van der Waals surface area contributed by atoms with Crippen LogP contribution in [0, 0.1) is 6.92 Å². The number of hydrogen-bond donors (Lipinski definition) is 2. The molecule has 26 heavy (non-hydrogen) atoms. The van der Waals surface area contributed by atoms with Gasteiger partial charge in [0.15, 0.2) is 0 Å². The molecule has 136 valence electrons. The number of H-pyrrole nitrogens is 1. The summed E-state index contributed by atoms with van der Waals surface area (Å²) in [6, 6.07) is 6.17. The number of aliphatic carboxylic acids is 1. The van der Waals surface area contributed by atoms with Crippen LogP contribution in [0.25, 0.3) is 0 Å². The summed E-state index contributed by atoms with van der Waals surface area (Å²) in [5.41, 5.74) is -0.511. The van der Waals surface area contributed by atoms with E-state index in [1.54, 1.807) is 17.0 Å². The average molecular weight is 357 g/mol. The molecule has 2 aromatic heterocycles. The molecule has 0 aliphatic carbocycles. The number of carbonyl (C=O) groups excluding carboxylic acids is 1. The van der Waals surface area contributed by atoms with E-state index in [9.17, 15) is 19.5 Å². The normalized spacial score (nSPS) is 16.1. The number of pyridine rings is 2. The smallest absolute Gasteiger partial charge is 0.348 e. The van der Waals surface area contributed by atoms with Gasteiger partial charge in [0.05, 0.1) is 11.8 Å². The summed E-state index contributed by atoms with van der Waals surface area (Å²) in [5.74, 6) is -0.926. The number of nitrogens with one attached hydrogen (secondary N) is 1. The van der Waals surface area contributed by atoms with E-state index in [4.69, 9.17) is 4.74 Å². The highest BCUT2D eigenvalue weighted by Gasteiger charge is 2.45. The Morgan fingerprint density at radius 3 is 2.50 bits per heavy atom. The molecule has 1 aliphatic heterocycles. The summed E-state index contributed by atoms with van der Waals surface area (Å²) in [6.45, 7) is 2.31. The number of carboxylic acid groups (broad SMARTS) is 1. The number of carbonyl (C=O) groups is 2. The van der Waals surface area contributed by atoms with Gasteiger partial charge in [0.1, 0.15) is 5.75 Å². The molecule has 0 unspecified atom stereocenters. The third kappa shape index (κ3) is 3.58. The van der Waals surface area contributed by atoms with Gasteiger partial charge in [-0.15, -0.1) is 0 Å². The summed E-state index contributed by atoms with van der Waals surface area (Å²) >= 11 is 0. The first kappa shape index (κ1) is 17.7. The molecule has 2 N–H and O–H groups in total. The fourth-order valence-corrected chi connectivity index (χ4v) is 2.90. The zero-order chi connectivity index (χ0) is 18.7. The maximum atomic E-state index is 12.5. The quantitative estimate of drug-likeness (QED) is 0.851. The molecule has 0 aromatic carbocycles. The number of nitrogens with zero attached hydrogens (tertiary/aromatic N) is 2. The van der Waals surface area contributed by atoms with Gasteiger partial charge in [-0.1, -0.05) is 0 Å². The number of rotatable bonds is 4. The van der Waals surface area contributed by atoms with E-state index in [1.165, 1.54) is 24.5 Å². The number of carboxylic acids is 1. The first-order valence-electron chi connectivity index (χ1n) is 8.23. The van der Waals surface area contributed by atoms with E-state index in [0.717, 1.165) is 5.69 Å². The van der Waals surface area contributed by atoms with E-state index in [1.807, 2.05) is 6.92 Å². The molecule has 0 bridgehead atoms. The van der Waals surface area contributed by atoms with Crippen molar-refractivity contribution >= 4 is 11.9 Å². The number of ether oxygens (including phenoxy) is 1. The van der Waals surface area contributed by atoms with Crippen molar-refractivity contribution in [3.8, 4) is 5.75 Å². The molecule has 1 fully saturated rings. The highest BCUT2D eigenvalue weighted by atomic mass is 16.5. The summed E-state index contributed by atoms with van der Waals surface area (Å²) in [7, 11) is 0. The lowest BCUT2D eigenvalue weighted by atomic mass is 9.90. The van der Waals surface area contributed by atoms with Gasteiger partial charge in [0.25, 0.3) is 5.91 Å². The van der Waals surface area contributed by atoms with E-state index in [2.05, 4.69) is 9.97 Å². The van der Waals surface area contributed by atoms with Crippen molar-refractivity contribution in [2.24, 2.45) is 0 Å². The number of piperidine rings is 1. The van der Waals surface area contributed by atoms with Crippen LogP contribution >= 0.6 is 0 Å². The number of aromatic amines is 1. The van der Waals surface area contributed by atoms with Gasteiger partial charge < -0.3 is 19.7 Å². The van der Waals surface area contributed by atoms with Gasteiger partial charge >= 0.3 is 5.97 Å². The molecule has 8 heteroatoms. The fourth-order valence-electron chi connectivity index (χ4n) is 2.90. The topological polar surface area (TPSA) is 113 Å². The van der Waals surface area contributed by atoms with E-state index >= 15 is 0 Å². The second-order valence-corrected chi connectivity index (χ2v) is 6.27. The van der Waals surface area contributed by atoms with Crippen molar-refractivity contribution in [1.82, 2.24) is 14.9 Å². The summed E-state index contributed by atoms with van der Waals surface area (Å²) in [4.78, 5) is 43.6. The molecule has 8 nitrogen and oxygen atoms in total. The van der Waals surface area contributed by atoms with Gasteiger partial charge in [-0.05, 0) is 25.1 Å². The van der Waals surface area contributed by atoms with Gasteiger partial charge in [0, 0.05) is 43.9 Å². The largest absolute Gasteiger partial charge is 0.478 e. The average Bonchev–Trinajstić information content (AvgIpc) is 2.64. The van der Waals surface area contributed by atoms with E-state index in [-0.39, 0.29) is 37.4 Å². The summed E-state index contributed by atoms with van der Waals surface area (Å²) in [6.07, 6.45) is 3.17. The highest BCUT2D eigenvalue weighted by molar-refractivity contribution is 5.94.